The number of carbonyl (C=O) groups excluding carboxylic acids is 3. The Morgan fingerprint density at radius 2 is 1.63 bits per heavy atom. The maximum Gasteiger partial charge on any atom is 0.306 e. The lowest BCUT2D eigenvalue weighted by Crippen LogP contribution is -2.33. The predicted molar refractivity (Wildman–Crippen MR) is 149 cm³/mol. The van der Waals surface area contributed by atoms with Gasteiger partial charge < -0.3 is 26.8 Å². The molecule has 9 nitrogen and oxygen atoms in total. The number of ether oxygens (including phenoxy) is 1. The number of carbonyl (C=O) groups is 3. The van der Waals surface area contributed by atoms with Crippen molar-refractivity contribution in [2.75, 3.05) is 11.9 Å². The predicted octanol–water partition coefficient (Wildman–Crippen LogP) is 3.90. The Bertz CT molecular complexity index is 1330. The molecule has 0 atom stereocenters. The van der Waals surface area contributed by atoms with Crippen molar-refractivity contribution in [3.8, 4) is 11.1 Å². The average Bonchev–Trinajstić information content (AvgIpc) is 2.86. The molecule has 0 aliphatic heterocycles. The van der Waals surface area contributed by atoms with Gasteiger partial charge in [-0.25, -0.2) is 4.99 Å². The van der Waals surface area contributed by atoms with Crippen LogP contribution in [0, 0.1) is 0 Å². The van der Waals surface area contributed by atoms with Crippen LogP contribution in [0.25, 0.3) is 11.1 Å². The number of para-hydroxylation sites is 1. The van der Waals surface area contributed by atoms with Gasteiger partial charge in [0, 0.05) is 17.5 Å². The lowest BCUT2D eigenvalue weighted by Gasteiger charge is -2.20. The molecule has 0 fully saturated rings. The minimum atomic E-state index is -0.582. The molecule has 2 amide bonds. The number of nitrogens with one attached hydrogen (secondary N) is 2. The first-order valence-corrected chi connectivity index (χ1v) is 12.2. The number of hydrogen-bond donors (Lipinski definition) is 4. The number of nitrogens with zero attached hydrogens (tertiary/aromatic N) is 1. The number of anilines is 1. The van der Waals surface area contributed by atoms with Crippen LogP contribution in [0.3, 0.4) is 0 Å². The minimum Gasteiger partial charge on any atom is -0.460 e. The van der Waals surface area contributed by atoms with Crippen molar-refractivity contribution in [3.63, 3.8) is 0 Å². The summed E-state index contributed by atoms with van der Waals surface area (Å²) in [7, 11) is 0. The molecule has 0 saturated carbocycles. The van der Waals surface area contributed by atoms with E-state index in [1.807, 2.05) is 69.3 Å². The monoisotopic (exact) mass is 515 g/mol. The van der Waals surface area contributed by atoms with Crippen LogP contribution in [0.4, 0.5) is 11.4 Å². The van der Waals surface area contributed by atoms with Gasteiger partial charge in [-0.2, -0.15) is 0 Å². The fourth-order valence-corrected chi connectivity index (χ4v) is 3.76. The van der Waals surface area contributed by atoms with Crippen LogP contribution in [-0.4, -0.2) is 35.9 Å². The second-order valence-corrected chi connectivity index (χ2v) is 9.61. The lowest BCUT2D eigenvalue weighted by atomic mass is 9.97. The van der Waals surface area contributed by atoms with Crippen LogP contribution >= 0.6 is 0 Å². The van der Waals surface area contributed by atoms with Gasteiger partial charge in [-0.1, -0.05) is 54.6 Å². The smallest absolute Gasteiger partial charge is 0.306 e. The normalized spacial score (nSPS) is 10.8. The number of amides is 2. The van der Waals surface area contributed by atoms with E-state index >= 15 is 0 Å². The summed E-state index contributed by atoms with van der Waals surface area (Å²) in [6.07, 6.45) is 0.524. The zero-order valence-electron chi connectivity index (χ0n) is 21.8. The van der Waals surface area contributed by atoms with E-state index in [0.29, 0.717) is 23.4 Å². The van der Waals surface area contributed by atoms with Crippen molar-refractivity contribution in [2.24, 2.45) is 16.5 Å². The molecule has 0 saturated heterocycles. The van der Waals surface area contributed by atoms with Gasteiger partial charge in [0.15, 0.2) is 5.96 Å². The topological polar surface area (TPSA) is 149 Å². The molecule has 0 spiro atoms. The van der Waals surface area contributed by atoms with Crippen LogP contribution in [0.2, 0.25) is 0 Å². The summed E-state index contributed by atoms with van der Waals surface area (Å²) in [5.74, 6) is -1.31. The van der Waals surface area contributed by atoms with Gasteiger partial charge in [-0.05, 0) is 56.5 Å². The molecule has 3 aromatic rings. The third-order valence-electron chi connectivity index (χ3n) is 5.29. The maximum absolute atomic E-state index is 12.9. The number of hydrogen-bond acceptors (Lipinski definition) is 5. The molecule has 0 heterocycles. The van der Waals surface area contributed by atoms with Crippen LogP contribution < -0.4 is 22.1 Å². The Morgan fingerprint density at radius 1 is 0.921 bits per heavy atom. The standard InChI is InChI=1S/C29H33N5O4/c1-29(2,3)38-25(36)16-15-20-11-8-14-23(19-9-5-4-6-10-19)26(20)34-24(35)18-32-27(37)21-12-7-13-22(17-21)33-28(30)31/h4-14,17H,15-16,18H2,1-3H3,(H,32,37)(H,34,35)(H4,30,31,33). The number of esters is 1. The molecular weight excluding hydrogens is 482 g/mol. The number of aliphatic imine (C=N–C) groups is 1. The van der Waals surface area contributed by atoms with Crippen LogP contribution in [-0.2, 0) is 20.7 Å². The first-order valence-electron chi connectivity index (χ1n) is 12.2. The van der Waals surface area contributed by atoms with Gasteiger partial charge in [-0.3, -0.25) is 14.4 Å². The Labute approximate surface area is 222 Å². The zero-order chi connectivity index (χ0) is 27.7. The maximum atomic E-state index is 12.9. The lowest BCUT2D eigenvalue weighted by molar-refractivity contribution is -0.154. The van der Waals surface area contributed by atoms with E-state index in [1.165, 1.54) is 6.07 Å². The molecule has 3 aromatic carbocycles. The quantitative estimate of drug-likeness (QED) is 0.193. The van der Waals surface area contributed by atoms with Crippen LogP contribution in [0.5, 0.6) is 0 Å². The number of benzene rings is 3. The summed E-state index contributed by atoms with van der Waals surface area (Å²) in [5.41, 5.74) is 14.0. The number of guanidine groups is 1. The van der Waals surface area contributed by atoms with Gasteiger partial charge in [0.2, 0.25) is 5.91 Å². The number of rotatable bonds is 9. The number of nitrogens with two attached hydrogens (primary N) is 2. The highest BCUT2D eigenvalue weighted by molar-refractivity contribution is 6.02. The number of aryl methyl sites for hydroxylation is 1. The highest BCUT2D eigenvalue weighted by Gasteiger charge is 2.19. The SMILES string of the molecule is CC(C)(C)OC(=O)CCc1cccc(-c2ccccc2)c1NC(=O)CNC(=O)c1cccc(N=C(N)N)c1. The van der Waals surface area contributed by atoms with Crippen molar-refractivity contribution in [1.82, 2.24) is 5.32 Å². The summed E-state index contributed by atoms with van der Waals surface area (Å²) < 4.78 is 5.44. The van der Waals surface area contributed by atoms with Gasteiger partial charge >= 0.3 is 5.97 Å². The average molecular weight is 516 g/mol. The second kappa shape index (κ2) is 12.5. The molecule has 0 radical (unpaired) electrons. The van der Waals surface area contributed by atoms with Crippen LogP contribution in [0.15, 0.2) is 77.8 Å². The van der Waals surface area contributed by atoms with E-state index in [0.717, 1.165) is 16.7 Å². The molecule has 198 valence electrons. The second-order valence-electron chi connectivity index (χ2n) is 9.61. The van der Waals surface area contributed by atoms with Gasteiger partial charge in [0.05, 0.1) is 17.9 Å². The van der Waals surface area contributed by atoms with E-state index in [9.17, 15) is 14.4 Å². The third-order valence-corrected chi connectivity index (χ3v) is 5.29. The Morgan fingerprint density at radius 3 is 2.32 bits per heavy atom. The molecule has 0 aliphatic carbocycles. The van der Waals surface area contributed by atoms with Gasteiger partial charge in [0.25, 0.3) is 5.91 Å². The van der Waals surface area contributed by atoms with Gasteiger partial charge in [0.1, 0.15) is 5.60 Å². The molecule has 38 heavy (non-hydrogen) atoms. The van der Waals surface area contributed by atoms with Crippen LogP contribution in [0.1, 0.15) is 43.1 Å². The Kier molecular flexibility index (Phi) is 9.21. The fraction of sp³-hybridized carbons (Fsp3) is 0.241. The summed E-state index contributed by atoms with van der Waals surface area (Å²) in [5, 5.41) is 5.55. The van der Waals surface area contributed by atoms with E-state index in [4.69, 9.17) is 16.2 Å². The summed E-state index contributed by atoms with van der Waals surface area (Å²) in [4.78, 5) is 41.9. The molecule has 0 unspecified atom stereocenters. The summed E-state index contributed by atoms with van der Waals surface area (Å²) in [6, 6.07) is 21.7. The summed E-state index contributed by atoms with van der Waals surface area (Å²) in [6.45, 7) is 5.19. The van der Waals surface area contributed by atoms with Crippen molar-refractivity contribution >= 4 is 35.1 Å². The highest BCUT2D eigenvalue weighted by Crippen LogP contribution is 2.32. The Hall–Kier alpha value is -4.66. The van der Waals surface area contributed by atoms with E-state index in [1.54, 1.807) is 18.2 Å². The molecule has 9 heteroatoms. The van der Waals surface area contributed by atoms with Crippen molar-refractivity contribution in [1.29, 1.82) is 0 Å². The first kappa shape index (κ1) is 27.9. The van der Waals surface area contributed by atoms with E-state index in [2.05, 4.69) is 15.6 Å². The Balaban J connectivity index is 1.76. The fourth-order valence-electron chi connectivity index (χ4n) is 3.76. The molecule has 6 N–H and O–H groups in total. The molecule has 0 aliphatic rings. The largest absolute Gasteiger partial charge is 0.460 e. The summed E-state index contributed by atoms with van der Waals surface area (Å²) >= 11 is 0. The molecule has 3 rings (SSSR count). The first-order chi connectivity index (χ1) is 18.0. The molecule has 0 bridgehead atoms. The highest BCUT2D eigenvalue weighted by atomic mass is 16.6. The van der Waals surface area contributed by atoms with Crippen molar-refractivity contribution < 1.29 is 19.1 Å². The minimum absolute atomic E-state index is 0.124. The molecular formula is C29H33N5O4. The van der Waals surface area contributed by atoms with Crippen molar-refractivity contribution in [2.45, 2.75) is 39.2 Å². The van der Waals surface area contributed by atoms with Gasteiger partial charge in [-0.15, -0.1) is 0 Å². The van der Waals surface area contributed by atoms with Crippen molar-refractivity contribution in [3.05, 3.63) is 83.9 Å². The third kappa shape index (κ3) is 8.48. The van der Waals surface area contributed by atoms with E-state index < -0.39 is 17.4 Å². The van der Waals surface area contributed by atoms with E-state index in [-0.39, 0.29) is 24.9 Å². The molecule has 0 aromatic heterocycles. The zero-order valence-corrected chi connectivity index (χ0v) is 21.8.